The minimum atomic E-state index is -0.334. The van der Waals surface area contributed by atoms with Gasteiger partial charge in [0.15, 0.2) is 0 Å². The lowest BCUT2D eigenvalue weighted by atomic mass is 9.64. The number of ether oxygens (including phenoxy) is 2. The molecule has 31 heavy (non-hydrogen) atoms. The monoisotopic (exact) mass is 426 g/mol. The minimum absolute atomic E-state index is 0.0894. The van der Waals surface area contributed by atoms with E-state index in [1.54, 1.807) is 7.11 Å². The number of nitrogens with zero attached hydrogens (tertiary/aromatic N) is 2. The van der Waals surface area contributed by atoms with Gasteiger partial charge in [-0.15, -0.1) is 0 Å². The van der Waals surface area contributed by atoms with Crippen molar-refractivity contribution in [3.05, 3.63) is 34.1 Å². The molecule has 0 saturated heterocycles. The van der Waals surface area contributed by atoms with E-state index in [-0.39, 0.29) is 23.2 Å². The van der Waals surface area contributed by atoms with Gasteiger partial charge in [-0.1, -0.05) is 19.1 Å². The van der Waals surface area contributed by atoms with Gasteiger partial charge in [-0.3, -0.25) is 9.36 Å². The van der Waals surface area contributed by atoms with Gasteiger partial charge in [0.1, 0.15) is 0 Å². The van der Waals surface area contributed by atoms with E-state index in [4.69, 9.17) is 9.47 Å². The molecule has 1 aromatic rings. The highest BCUT2D eigenvalue weighted by molar-refractivity contribution is 5.83. The fraction of sp³-hybridized carbons (Fsp3) is 0.600. The zero-order valence-corrected chi connectivity index (χ0v) is 19.0. The summed E-state index contributed by atoms with van der Waals surface area (Å²) in [6.45, 7) is 4.52. The zero-order chi connectivity index (χ0) is 22.0. The molecule has 2 bridgehead atoms. The summed E-state index contributed by atoms with van der Waals surface area (Å²) < 4.78 is 12.5. The number of esters is 1. The van der Waals surface area contributed by atoms with Crippen LogP contribution in [0.4, 0.5) is 0 Å². The van der Waals surface area contributed by atoms with Crippen molar-refractivity contribution in [2.45, 2.75) is 57.8 Å². The largest absolute Gasteiger partial charge is 0.466 e. The third-order valence-corrected chi connectivity index (χ3v) is 7.50. The Labute approximate surface area is 184 Å². The third-order valence-electron chi connectivity index (χ3n) is 7.50. The molecule has 2 aliphatic heterocycles. The molecule has 0 radical (unpaired) electrons. The van der Waals surface area contributed by atoms with Crippen LogP contribution in [-0.2, 0) is 20.7 Å². The van der Waals surface area contributed by atoms with Crippen LogP contribution in [0.5, 0.6) is 0 Å². The average molecular weight is 427 g/mol. The molecule has 2 atom stereocenters. The summed E-state index contributed by atoms with van der Waals surface area (Å²) in [4.78, 5) is 27.3. The number of hydrogen-bond donors (Lipinski definition) is 0. The van der Waals surface area contributed by atoms with E-state index < -0.39 is 0 Å². The molecule has 3 heterocycles. The summed E-state index contributed by atoms with van der Waals surface area (Å²) in [5, 5.41) is 2.32. The molecule has 1 aromatic heterocycles. The number of fused-ring (bicyclic) bond motifs is 4. The SMILES string of the molecule is CCC12CCCN(/C=C/C(=O)OC)CCc3c(n(c4c3=CCCC=4)C(=O)C1)C2COC. The highest BCUT2D eigenvalue weighted by Crippen LogP contribution is 2.49. The van der Waals surface area contributed by atoms with Gasteiger partial charge < -0.3 is 14.4 Å². The molecule has 0 amide bonds. The van der Waals surface area contributed by atoms with Crippen molar-refractivity contribution in [3.63, 3.8) is 0 Å². The number of hydrogen-bond acceptors (Lipinski definition) is 5. The first-order valence-corrected chi connectivity index (χ1v) is 11.5. The van der Waals surface area contributed by atoms with Crippen molar-refractivity contribution in [2.75, 3.05) is 33.9 Å². The molecule has 4 rings (SSSR count). The second-order valence-corrected chi connectivity index (χ2v) is 9.01. The summed E-state index contributed by atoms with van der Waals surface area (Å²) in [5.74, 6) is 0.125. The van der Waals surface area contributed by atoms with Gasteiger partial charge in [0.25, 0.3) is 0 Å². The molecule has 0 aromatic carbocycles. The normalized spacial score (nSPS) is 25.6. The minimum Gasteiger partial charge on any atom is -0.466 e. The van der Waals surface area contributed by atoms with Crippen molar-refractivity contribution < 1.29 is 19.1 Å². The molecule has 0 saturated carbocycles. The van der Waals surface area contributed by atoms with Crippen molar-refractivity contribution in [1.82, 2.24) is 9.47 Å². The van der Waals surface area contributed by atoms with E-state index in [0.29, 0.717) is 13.0 Å². The molecule has 0 fully saturated rings. The fourth-order valence-electron chi connectivity index (χ4n) is 5.86. The molecular formula is C25H34N2O4. The maximum Gasteiger partial charge on any atom is 0.331 e. The predicted octanol–water partition coefficient (Wildman–Crippen LogP) is 2.34. The van der Waals surface area contributed by atoms with Gasteiger partial charge in [0, 0.05) is 50.5 Å². The lowest BCUT2D eigenvalue weighted by Gasteiger charge is -2.45. The number of methoxy groups -OCH3 is 2. The van der Waals surface area contributed by atoms with E-state index >= 15 is 0 Å². The van der Waals surface area contributed by atoms with Gasteiger partial charge >= 0.3 is 5.97 Å². The van der Waals surface area contributed by atoms with Crippen LogP contribution in [0, 0.1) is 5.41 Å². The Balaban J connectivity index is 1.86. The van der Waals surface area contributed by atoms with Crippen molar-refractivity contribution in [3.8, 4) is 0 Å². The molecule has 0 N–H and O–H groups in total. The van der Waals surface area contributed by atoms with E-state index in [0.717, 1.165) is 57.0 Å². The highest BCUT2D eigenvalue weighted by atomic mass is 16.5. The van der Waals surface area contributed by atoms with Crippen LogP contribution >= 0.6 is 0 Å². The molecule has 2 unspecified atom stereocenters. The summed E-state index contributed by atoms with van der Waals surface area (Å²) in [6, 6.07) is 0. The van der Waals surface area contributed by atoms with Crippen LogP contribution in [0.1, 0.15) is 67.4 Å². The van der Waals surface area contributed by atoms with Gasteiger partial charge in [0.05, 0.1) is 19.1 Å². The van der Waals surface area contributed by atoms with Crippen LogP contribution in [-0.4, -0.2) is 55.3 Å². The summed E-state index contributed by atoms with van der Waals surface area (Å²) in [7, 11) is 3.17. The van der Waals surface area contributed by atoms with E-state index in [1.807, 2.05) is 10.8 Å². The molecular weight excluding hydrogens is 392 g/mol. The zero-order valence-electron chi connectivity index (χ0n) is 19.0. The van der Waals surface area contributed by atoms with Crippen LogP contribution < -0.4 is 10.6 Å². The number of carbonyl (C=O) groups excluding carboxylic acids is 2. The summed E-state index contributed by atoms with van der Waals surface area (Å²) in [5.41, 5.74) is 2.38. The summed E-state index contributed by atoms with van der Waals surface area (Å²) in [6.07, 6.45) is 14.2. The molecule has 6 nitrogen and oxygen atoms in total. The van der Waals surface area contributed by atoms with Crippen LogP contribution in [0.25, 0.3) is 12.2 Å². The van der Waals surface area contributed by atoms with Crippen LogP contribution in [0.2, 0.25) is 0 Å². The fourth-order valence-corrected chi connectivity index (χ4v) is 5.86. The second kappa shape index (κ2) is 9.03. The lowest BCUT2D eigenvalue weighted by molar-refractivity contribution is -0.134. The quantitative estimate of drug-likeness (QED) is 0.534. The number of carbonyl (C=O) groups is 2. The predicted molar refractivity (Wildman–Crippen MR) is 120 cm³/mol. The Hall–Kier alpha value is -2.34. The van der Waals surface area contributed by atoms with Crippen molar-refractivity contribution in [1.29, 1.82) is 0 Å². The Morgan fingerprint density at radius 3 is 2.81 bits per heavy atom. The van der Waals surface area contributed by atoms with E-state index in [2.05, 4.69) is 24.0 Å². The highest BCUT2D eigenvalue weighted by Gasteiger charge is 2.47. The van der Waals surface area contributed by atoms with Crippen molar-refractivity contribution >= 4 is 24.0 Å². The van der Waals surface area contributed by atoms with Gasteiger partial charge in [-0.25, -0.2) is 4.79 Å². The van der Waals surface area contributed by atoms with Crippen molar-refractivity contribution in [2.24, 2.45) is 5.41 Å². The molecule has 168 valence electrons. The average Bonchev–Trinajstić information content (AvgIpc) is 3.12. The first-order chi connectivity index (χ1) is 15.0. The molecule has 1 aliphatic carbocycles. The maximum absolute atomic E-state index is 13.5. The second-order valence-electron chi connectivity index (χ2n) is 9.01. The molecule has 6 heteroatoms. The first-order valence-electron chi connectivity index (χ1n) is 11.5. The Morgan fingerprint density at radius 2 is 2.06 bits per heavy atom. The Bertz CT molecular complexity index is 1010. The van der Waals surface area contributed by atoms with Crippen LogP contribution in [0.3, 0.4) is 0 Å². The van der Waals surface area contributed by atoms with Gasteiger partial charge in [-0.2, -0.15) is 0 Å². The van der Waals surface area contributed by atoms with E-state index in [1.165, 1.54) is 29.7 Å². The topological polar surface area (TPSA) is 60.8 Å². The Morgan fingerprint density at radius 1 is 1.26 bits per heavy atom. The van der Waals surface area contributed by atoms with Crippen LogP contribution in [0.15, 0.2) is 12.3 Å². The molecule has 0 spiro atoms. The number of rotatable bonds is 5. The third kappa shape index (κ3) is 3.86. The smallest absolute Gasteiger partial charge is 0.331 e. The Kier molecular flexibility index (Phi) is 6.37. The first kappa shape index (κ1) is 21.9. The van der Waals surface area contributed by atoms with Gasteiger partial charge in [-0.05, 0) is 54.7 Å². The van der Waals surface area contributed by atoms with E-state index in [9.17, 15) is 9.59 Å². The number of aromatic nitrogens is 1. The standard InChI is InChI=1S/C25H34N2O4/c1-4-25-12-7-13-26(15-11-23(29)31-3)14-10-19-18-8-5-6-9-21(18)27(22(28)16-25)24(19)20(25)17-30-2/h8-9,11,15,20H,4-7,10,12-14,16-17H2,1-3H3/b15-11+. The summed E-state index contributed by atoms with van der Waals surface area (Å²) >= 11 is 0. The molecule has 3 aliphatic rings. The lowest BCUT2D eigenvalue weighted by Crippen LogP contribution is -2.45. The van der Waals surface area contributed by atoms with Gasteiger partial charge in [0.2, 0.25) is 5.91 Å². The maximum atomic E-state index is 13.5.